The van der Waals surface area contributed by atoms with Gasteiger partial charge < -0.3 is 19.7 Å². The van der Waals surface area contributed by atoms with E-state index in [4.69, 9.17) is 9.47 Å². The average molecular weight is 463 g/mol. The van der Waals surface area contributed by atoms with E-state index >= 15 is 0 Å². The summed E-state index contributed by atoms with van der Waals surface area (Å²) >= 11 is 0. The topological polar surface area (TPSA) is 67.9 Å². The SMILES string of the molecule is COc1cc(F)ccc1-c1ccc2c(c1COc1cccc(C(C)=O)c1)N(C)C(=O)C(C)(C)N2. The smallest absolute Gasteiger partial charge is 0.251 e. The van der Waals surface area contributed by atoms with Gasteiger partial charge in [0.1, 0.15) is 29.5 Å². The van der Waals surface area contributed by atoms with E-state index in [1.54, 1.807) is 42.3 Å². The number of likely N-dealkylation sites (N-methyl/N-ethyl adjacent to an activating group) is 1. The van der Waals surface area contributed by atoms with Crippen LogP contribution < -0.4 is 19.7 Å². The molecule has 7 heteroatoms. The Bertz CT molecular complexity index is 1290. The lowest BCUT2D eigenvalue weighted by atomic mass is 9.92. The predicted molar refractivity (Wildman–Crippen MR) is 130 cm³/mol. The maximum atomic E-state index is 13.9. The highest BCUT2D eigenvalue weighted by atomic mass is 19.1. The Morgan fingerprint density at radius 2 is 1.82 bits per heavy atom. The van der Waals surface area contributed by atoms with Crippen LogP contribution in [0.2, 0.25) is 0 Å². The van der Waals surface area contributed by atoms with Crippen LogP contribution in [0.25, 0.3) is 11.1 Å². The molecule has 1 aliphatic heterocycles. The summed E-state index contributed by atoms with van der Waals surface area (Å²) in [5.41, 5.74) is 3.39. The number of ketones is 1. The van der Waals surface area contributed by atoms with Gasteiger partial charge in [-0.05, 0) is 56.7 Å². The number of methoxy groups -OCH3 is 1. The van der Waals surface area contributed by atoms with E-state index in [0.29, 0.717) is 28.3 Å². The normalized spacial score (nSPS) is 14.3. The number of Topliss-reactive ketones (excluding diaryl/α,β-unsaturated/α-hetero) is 1. The summed E-state index contributed by atoms with van der Waals surface area (Å²) < 4.78 is 25.5. The summed E-state index contributed by atoms with van der Waals surface area (Å²) in [4.78, 5) is 26.5. The number of amides is 1. The lowest BCUT2D eigenvalue weighted by Gasteiger charge is -2.39. The summed E-state index contributed by atoms with van der Waals surface area (Å²) in [6.07, 6.45) is 0. The van der Waals surface area contributed by atoms with Crippen molar-refractivity contribution in [3.63, 3.8) is 0 Å². The molecule has 6 nitrogen and oxygen atoms in total. The van der Waals surface area contributed by atoms with Crippen LogP contribution in [0.1, 0.15) is 36.7 Å². The van der Waals surface area contributed by atoms with Crippen LogP contribution in [0.4, 0.5) is 15.8 Å². The zero-order chi connectivity index (χ0) is 24.6. The van der Waals surface area contributed by atoms with Crippen LogP contribution in [0.3, 0.4) is 0 Å². The zero-order valence-corrected chi connectivity index (χ0v) is 19.9. The maximum Gasteiger partial charge on any atom is 0.251 e. The van der Waals surface area contributed by atoms with E-state index in [0.717, 1.165) is 16.8 Å². The van der Waals surface area contributed by atoms with Crippen molar-refractivity contribution >= 4 is 23.1 Å². The number of hydrogen-bond donors (Lipinski definition) is 1. The molecule has 0 aliphatic carbocycles. The Morgan fingerprint density at radius 3 is 2.53 bits per heavy atom. The summed E-state index contributed by atoms with van der Waals surface area (Å²) in [5, 5.41) is 3.31. The minimum atomic E-state index is -0.773. The van der Waals surface area contributed by atoms with Gasteiger partial charge in [-0.3, -0.25) is 9.59 Å². The van der Waals surface area contributed by atoms with E-state index in [9.17, 15) is 14.0 Å². The van der Waals surface area contributed by atoms with E-state index in [2.05, 4.69) is 5.32 Å². The molecule has 0 unspecified atom stereocenters. The second-order valence-corrected chi connectivity index (χ2v) is 8.82. The maximum absolute atomic E-state index is 13.9. The first kappa shape index (κ1) is 23.3. The number of carbonyl (C=O) groups excluding carboxylic acids is 2. The number of nitrogens with one attached hydrogen (secondary N) is 1. The van der Waals surface area contributed by atoms with E-state index in [1.165, 1.54) is 26.2 Å². The number of halogens is 1. The average Bonchev–Trinajstić information content (AvgIpc) is 2.81. The Balaban J connectivity index is 1.86. The summed E-state index contributed by atoms with van der Waals surface area (Å²) in [6.45, 7) is 5.27. The highest BCUT2D eigenvalue weighted by molar-refractivity contribution is 6.08. The van der Waals surface area contributed by atoms with Gasteiger partial charge >= 0.3 is 0 Å². The lowest BCUT2D eigenvalue weighted by molar-refractivity contribution is -0.121. The van der Waals surface area contributed by atoms with Crippen LogP contribution in [-0.2, 0) is 11.4 Å². The van der Waals surface area contributed by atoms with Gasteiger partial charge in [-0.15, -0.1) is 0 Å². The Labute approximate surface area is 198 Å². The van der Waals surface area contributed by atoms with Crippen LogP contribution in [0, 0.1) is 5.82 Å². The summed E-state index contributed by atoms with van der Waals surface area (Å²) in [6, 6.07) is 15.1. The quantitative estimate of drug-likeness (QED) is 0.494. The molecular weight excluding hydrogens is 435 g/mol. The Kier molecular flexibility index (Phi) is 6.04. The highest BCUT2D eigenvalue weighted by Crippen LogP contribution is 2.44. The summed E-state index contributed by atoms with van der Waals surface area (Å²) in [5.74, 6) is 0.338. The van der Waals surface area contributed by atoms with Crippen molar-refractivity contribution in [2.45, 2.75) is 32.9 Å². The van der Waals surface area contributed by atoms with Gasteiger partial charge in [-0.2, -0.15) is 0 Å². The van der Waals surface area contributed by atoms with Crippen LogP contribution in [0.15, 0.2) is 54.6 Å². The van der Waals surface area contributed by atoms with Gasteiger partial charge in [-0.25, -0.2) is 4.39 Å². The van der Waals surface area contributed by atoms with Gasteiger partial charge in [0.2, 0.25) is 0 Å². The second-order valence-electron chi connectivity index (χ2n) is 8.82. The molecule has 4 rings (SSSR count). The monoisotopic (exact) mass is 462 g/mol. The second kappa shape index (κ2) is 8.82. The molecule has 0 saturated carbocycles. The first-order chi connectivity index (χ1) is 16.1. The van der Waals surface area contributed by atoms with Crippen LogP contribution in [0.5, 0.6) is 11.5 Å². The molecule has 1 amide bonds. The molecule has 0 atom stereocenters. The molecule has 34 heavy (non-hydrogen) atoms. The molecule has 0 fully saturated rings. The molecule has 1 aliphatic rings. The standard InChI is InChI=1S/C27H27FN2O4/c1-16(31)17-7-6-8-19(13-17)34-15-22-20(21-10-9-18(28)14-24(21)33-5)11-12-23-25(22)30(4)26(32)27(2,3)29-23/h6-14,29H,15H2,1-5H3. The molecule has 3 aromatic rings. The molecule has 0 aromatic heterocycles. The Morgan fingerprint density at radius 1 is 1.09 bits per heavy atom. The molecule has 1 N–H and O–H groups in total. The third-order valence-electron chi connectivity index (χ3n) is 5.98. The number of benzene rings is 3. The molecular formula is C27H27FN2O4. The number of ether oxygens (including phenoxy) is 2. The fraction of sp³-hybridized carbons (Fsp3) is 0.259. The first-order valence-corrected chi connectivity index (χ1v) is 10.9. The third kappa shape index (κ3) is 4.21. The van der Waals surface area contributed by atoms with Gasteiger partial charge in [0.05, 0.1) is 18.5 Å². The number of carbonyl (C=O) groups is 2. The van der Waals surface area contributed by atoms with Gasteiger partial charge in [0.15, 0.2) is 5.78 Å². The fourth-order valence-electron chi connectivity index (χ4n) is 4.28. The molecule has 0 spiro atoms. The van der Waals surface area contributed by atoms with Crippen molar-refractivity contribution in [3.05, 3.63) is 71.5 Å². The largest absolute Gasteiger partial charge is 0.496 e. The molecule has 0 bridgehead atoms. The molecule has 1 heterocycles. The van der Waals surface area contributed by atoms with Crippen molar-refractivity contribution in [3.8, 4) is 22.6 Å². The minimum Gasteiger partial charge on any atom is -0.496 e. The number of anilines is 2. The van der Waals surface area contributed by atoms with E-state index < -0.39 is 11.4 Å². The number of fused-ring (bicyclic) bond motifs is 1. The highest BCUT2D eigenvalue weighted by Gasteiger charge is 2.38. The third-order valence-corrected chi connectivity index (χ3v) is 5.98. The van der Waals surface area contributed by atoms with Crippen molar-refractivity contribution in [2.24, 2.45) is 0 Å². The molecule has 0 saturated heterocycles. The molecule has 3 aromatic carbocycles. The molecule has 176 valence electrons. The number of rotatable bonds is 6. The van der Waals surface area contributed by atoms with Crippen molar-refractivity contribution in [1.29, 1.82) is 0 Å². The minimum absolute atomic E-state index is 0.0592. The van der Waals surface area contributed by atoms with Gasteiger partial charge in [0, 0.05) is 29.8 Å². The van der Waals surface area contributed by atoms with Gasteiger partial charge in [-0.1, -0.05) is 18.2 Å². The number of hydrogen-bond acceptors (Lipinski definition) is 5. The lowest BCUT2D eigenvalue weighted by Crippen LogP contribution is -2.52. The molecule has 0 radical (unpaired) electrons. The predicted octanol–water partition coefficient (Wildman–Crippen LogP) is 5.45. The van der Waals surface area contributed by atoms with Crippen LogP contribution >= 0.6 is 0 Å². The van der Waals surface area contributed by atoms with Crippen LogP contribution in [-0.4, -0.2) is 31.4 Å². The van der Waals surface area contributed by atoms with Crippen molar-refractivity contribution in [2.75, 3.05) is 24.4 Å². The van der Waals surface area contributed by atoms with Gasteiger partial charge in [0.25, 0.3) is 5.91 Å². The first-order valence-electron chi connectivity index (χ1n) is 10.9. The summed E-state index contributed by atoms with van der Waals surface area (Å²) in [7, 11) is 3.22. The Hall–Kier alpha value is -3.87. The van der Waals surface area contributed by atoms with Crippen molar-refractivity contribution < 1.29 is 23.5 Å². The van der Waals surface area contributed by atoms with Crippen molar-refractivity contribution in [1.82, 2.24) is 0 Å². The number of nitrogens with zero attached hydrogens (tertiary/aromatic N) is 1. The van der Waals surface area contributed by atoms with E-state index in [-0.39, 0.29) is 18.3 Å². The zero-order valence-electron chi connectivity index (χ0n) is 19.9. The van der Waals surface area contributed by atoms with E-state index in [1.807, 2.05) is 26.0 Å². The fourth-order valence-corrected chi connectivity index (χ4v) is 4.28.